The fraction of sp³-hybridized carbons (Fsp3) is 0.323. The molecule has 0 unspecified atom stereocenters. The lowest BCUT2D eigenvalue weighted by Gasteiger charge is -2.54. The standard InChI is InChI=1S/C31H35FN6O4/c1-34(2)26-11-7-10-25(32)24(26)18-36-19-28-37(27(30(36)41)16-21-12-14-23(39)15-13-21)29(40)20-35(3)38(28)31(42)33-17-22-8-5-4-6-9-22/h4-15,27-28,39H,16-20H2,1-3H3,(H,33,42)/t27-,28+/m0/s1. The molecule has 5 rings (SSSR count). The molecule has 0 spiro atoms. The largest absolute Gasteiger partial charge is 0.508 e. The first-order chi connectivity index (χ1) is 20.1. The number of hydrogen-bond donors (Lipinski definition) is 2. The van der Waals surface area contributed by atoms with Crippen molar-refractivity contribution >= 4 is 23.5 Å². The monoisotopic (exact) mass is 574 g/mol. The maximum atomic E-state index is 15.2. The van der Waals surface area contributed by atoms with Crippen molar-refractivity contribution in [3.8, 4) is 5.75 Å². The van der Waals surface area contributed by atoms with E-state index >= 15 is 4.39 Å². The third-order valence-corrected chi connectivity index (χ3v) is 7.72. The van der Waals surface area contributed by atoms with E-state index in [2.05, 4.69) is 5.32 Å². The van der Waals surface area contributed by atoms with E-state index in [0.717, 1.165) is 11.1 Å². The zero-order chi connectivity index (χ0) is 30.0. The summed E-state index contributed by atoms with van der Waals surface area (Å²) in [4.78, 5) is 46.0. The highest BCUT2D eigenvalue weighted by molar-refractivity contribution is 5.91. The predicted octanol–water partition coefficient (Wildman–Crippen LogP) is 2.78. The van der Waals surface area contributed by atoms with Gasteiger partial charge in [-0.05, 0) is 35.4 Å². The number of halogens is 1. The van der Waals surface area contributed by atoms with Crippen LogP contribution in [0.3, 0.4) is 0 Å². The van der Waals surface area contributed by atoms with Gasteiger partial charge in [-0.1, -0.05) is 48.5 Å². The summed E-state index contributed by atoms with van der Waals surface area (Å²) in [5, 5.41) is 15.7. The number of carbonyl (C=O) groups is 3. The number of phenolic OH excluding ortho intramolecular Hbond substituents is 1. The molecule has 2 aliphatic heterocycles. The molecule has 10 nitrogen and oxygen atoms in total. The first-order valence-electron chi connectivity index (χ1n) is 13.8. The topological polar surface area (TPSA) is 99.7 Å². The molecule has 0 radical (unpaired) electrons. The van der Waals surface area contributed by atoms with E-state index in [4.69, 9.17) is 0 Å². The number of phenols is 1. The predicted molar refractivity (Wildman–Crippen MR) is 156 cm³/mol. The molecule has 0 aliphatic carbocycles. The van der Waals surface area contributed by atoms with Crippen molar-refractivity contribution in [2.75, 3.05) is 39.1 Å². The molecule has 2 aliphatic rings. The number of hydrazine groups is 1. The molecule has 42 heavy (non-hydrogen) atoms. The number of rotatable bonds is 7. The van der Waals surface area contributed by atoms with Gasteiger partial charge in [0.2, 0.25) is 11.8 Å². The molecule has 0 aromatic heterocycles. The summed E-state index contributed by atoms with van der Waals surface area (Å²) >= 11 is 0. The zero-order valence-corrected chi connectivity index (χ0v) is 23.9. The quantitative estimate of drug-likeness (QED) is 0.451. The van der Waals surface area contributed by atoms with Gasteiger partial charge in [-0.25, -0.2) is 19.2 Å². The van der Waals surface area contributed by atoms with Crippen LogP contribution in [0, 0.1) is 5.82 Å². The Hall–Kier alpha value is -4.64. The van der Waals surface area contributed by atoms with E-state index in [-0.39, 0.29) is 50.2 Å². The van der Waals surface area contributed by atoms with Gasteiger partial charge in [0, 0.05) is 45.4 Å². The Balaban J connectivity index is 1.50. The lowest BCUT2D eigenvalue weighted by molar-refractivity contribution is -0.187. The van der Waals surface area contributed by atoms with Gasteiger partial charge in [0.1, 0.15) is 23.8 Å². The van der Waals surface area contributed by atoms with Gasteiger partial charge in [-0.3, -0.25) is 9.59 Å². The van der Waals surface area contributed by atoms with Crippen LogP contribution in [-0.4, -0.2) is 89.2 Å². The summed E-state index contributed by atoms with van der Waals surface area (Å²) in [6.45, 7) is 0.159. The lowest BCUT2D eigenvalue weighted by atomic mass is 9.98. The van der Waals surface area contributed by atoms with Gasteiger partial charge >= 0.3 is 6.03 Å². The maximum absolute atomic E-state index is 15.2. The summed E-state index contributed by atoms with van der Waals surface area (Å²) in [5.41, 5.74) is 2.64. The van der Waals surface area contributed by atoms with Crippen LogP contribution in [0.5, 0.6) is 5.75 Å². The van der Waals surface area contributed by atoms with Crippen LogP contribution in [0.1, 0.15) is 16.7 Å². The van der Waals surface area contributed by atoms with Crippen LogP contribution >= 0.6 is 0 Å². The smallest absolute Gasteiger partial charge is 0.334 e. The number of nitrogens with zero attached hydrogens (tertiary/aromatic N) is 5. The van der Waals surface area contributed by atoms with Crippen LogP contribution < -0.4 is 10.2 Å². The number of hydrogen-bond acceptors (Lipinski definition) is 6. The summed E-state index contributed by atoms with van der Waals surface area (Å²) in [6, 6.07) is 19.3. The fourth-order valence-corrected chi connectivity index (χ4v) is 5.67. The summed E-state index contributed by atoms with van der Waals surface area (Å²) in [5.74, 6) is -0.983. The van der Waals surface area contributed by atoms with Gasteiger partial charge in [0.15, 0.2) is 0 Å². The van der Waals surface area contributed by atoms with Crippen LogP contribution in [0.2, 0.25) is 0 Å². The number of benzene rings is 3. The fourth-order valence-electron chi connectivity index (χ4n) is 5.67. The van der Waals surface area contributed by atoms with Crippen molar-refractivity contribution in [3.05, 3.63) is 95.3 Å². The number of piperazine rings is 1. The minimum absolute atomic E-state index is 0.000943. The molecule has 2 heterocycles. The van der Waals surface area contributed by atoms with Gasteiger partial charge in [0.05, 0.1) is 19.6 Å². The molecule has 4 amide bonds. The number of amides is 4. The first kappa shape index (κ1) is 28.9. The molecule has 2 atom stereocenters. The van der Waals surface area contributed by atoms with Crippen LogP contribution in [0.25, 0.3) is 0 Å². The van der Waals surface area contributed by atoms with E-state index in [1.165, 1.54) is 33.0 Å². The second kappa shape index (κ2) is 12.1. The molecule has 3 aromatic carbocycles. The molecule has 2 N–H and O–H groups in total. The van der Waals surface area contributed by atoms with E-state index in [9.17, 15) is 19.5 Å². The van der Waals surface area contributed by atoms with Gasteiger partial charge in [-0.2, -0.15) is 0 Å². The minimum Gasteiger partial charge on any atom is -0.508 e. The minimum atomic E-state index is -0.937. The van der Waals surface area contributed by atoms with E-state index in [0.29, 0.717) is 11.3 Å². The zero-order valence-electron chi connectivity index (χ0n) is 23.9. The van der Waals surface area contributed by atoms with Crippen molar-refractivity contribution in [1.82, 2.24) is 25.1 Å². The molecule has 11 heteroatoms. The molecule has 220 valence electrons. The maximum Gasteiger partial charge on any atom is 0.334 e. The average Bonchev–Trinajstić information content (AvgIpc) is 2.96. The SMILES string of the molecule is CN(C)c1cccc(F)c1CN1C[C@@H]2N(C(=O)CN(C)N2C(=O)NCc2ccccc2)[C@@H](Cc2ccc(O)cc2)C1=O. The number of aromatic hydroxyl groups is 1. The highest BCUT2D eigenvalue weighted by Crippen LogP contribution is 2.31. The third-order valence-electron chi connectivity index (χ3n) is 7.72. The second-order valence-electron chi connectivity index (χ2n) is 10.8. The number of likely N-dealkylation sites (N-methyl/N-ethyl adjacent to an activating group) is 1. The number of anilines is 1. The first-order valence-corrected chi connectivity index (χ1v) is 13.8. The Bertz CT molecular complexity index is 1450. The van der Waals surface area contributed by atoms with Crippen LogP contribution in [-0.2, 0) is 29.1 Å². The molecular formula is C31H35FN6O4. The summed E-state index contributed by atoms with van der Waals surface area (Å²) in [7, 11) is 5.27. The number of urea groups is 1. The van der Waals surface area contributed by atoms with Crippen molar-refractivity contribution in [2.24, 2.45) is 0 Å². The van der Waals surface area contributed by atoms with Crippen molar-refractivity contribution in [3.63, 3.8) is 0 Å². The van der Waals surface area contributed by atoms with E-state index in [1.54, 1.807) is 55.3 Å². The Labute approximate surface area is 244 Å². The summed E-state index contributed by atoms with van der Waals surface area (Å²) < 4.78 is 15.2. The Morgan fingerprint density at radius 2 is 1.71 bits per heavy atom. The summed E-state index contributed by atoms with van der Waals surface area (Å²) in [6.07, 6.45) is -0.653. The molecule has 2 fully saturated rings. The molecule has 2 saturated heterocycles. The van der Waals surface area contributed by atoms with Gasteiger partial charge in [0.25, 0.3) is 0 Å². The number of nitrogens with one attached hydrogen (secondary N) is 1. The van der Waals surface area contributed by atoms with Crippen LogP contribution in [0.4, 0.5) is 14.9 Å². The Morgan fingerprint density at radius 3 is 2.40 bits per heavy atom. The third kappa shape index (κ3) is 5.87. The molecule has 0 bridgehead atoms. The van der Waals surface area contributed by atoms with Gasteiger partial charge in [-0.15, -0.1) is 0 Å². The van der Waals surface area contributed by atoms with Crippen molar-refractivity contribution < 1.29 is 23.9 Å². The van der Waals surface area contributed by atoms with Gasteiger partial charge < -0.3 is 25.1 Å². The van der Waals surface area contributed by atoms with Crippen molar-refractivity contribution in [2.45, 2.75) is 31.7 Å². The molecular weight excluding hydrogens is 539 g/mol. The average molecular weight is 575 g/mol. The lowest BCUT2D eigenvalue weighted by Crippen LogP contribution is -2.76. The number of fused-ring (bicyclic) bond motifs is 1. The highest BCUT2D eigenvalue weighted by Gasteiger charge is 2.50. The Kier molecular flexibility index (Phi) is 8.30. The normalized spacial score (nSPS) is 19.1. The molecule has 3 aromatic rings. The second-order valence-corrected chi connectivity index (χ2v) is 10.8. The van der Waals surface area contributed by atoms with E-state index in [1.807, 2.05) is 30.3 Å². The van der Waals surface area contributed by atoms with Crippen molar-refractivity contribution in [1.29, 1.82) is 0 Å². The van der Waals surface area contributed by atoms with E-state index < -0.39 is 24.1 Å². The number of carbonyl (C=O) groups excluding carboxylic acids is 3. The highest BCUT2D eigenvalue weighted by atomic mass is 19.1. The molecule has 0 saturated carbocycles. The van der Waals surface area contributed by atoms with Crippen LogP contribution in [0.15, 0.2) is 72.8 Å². The Morgan fingerprint density at radius 1 is 1.00 bits per heavy atom.